The van der Waals surface area contributed by atoms with Crippen LogP contribution >= 0.6 is 0 Å². The molecule has 17 heavy (non-hydrogen) atoms. The average molecular weight is 239 g/mol. The first-order valence-corrected chi connectivity index (χ1v) is 6.30. The lowest BCUT2D eigenvalue weighted by atomic mass is 9.93. The smallest absolute Gasteiger partial charge is 0.228 e. The summed E-state index contributed by atoms with van der Waals surface area (Å²) in [7, 11) is 3.58. The number of hydrogen-bond donors (Lipinski definition) is 1. The zero-order valence-corrected chi connectivity index (χ0v) is 10.6. The van der Waals surface area contributed by atoms with E-state index in [1.807, 2.05) is 4.90 Å². The van der Waals surface area contributed by atoms with Crippen molar-refractivity contribution >= 4 is 11.8 Å². The topological polar surface area (TPSA) is 52.7 Å². The number of nitrogens with one attached hydrogen (secondary N) is 1. The average Bonchev–Trinajstić information content (AvgIpc) is 2.25. The van der Waals surface area contributed by atoms with E-state index in [9.17, 15) is 9.59 Å². The Bertz CT molecular complexity index is 305. The van der Waals surface area contributed by atoms with E-state index in [1.165, 1.54) is 0 Å². The van der Waals surface area contributed by atoms with E-state index in [0.29, 0.717) is 0 Å². The lowest BCUT2D eigenvalue weighted by Gasteiger charge is -2.37. The Labute approximate surface area is 102 Å². The summed E-state index contributed by atoms with van der Waals surface area (Å²) in [5, 5.41) is 3.11. The third-order valence-electron chi connectivity index (χ3n) is 3.73. The summed E-state index contributed by atoms with van der Waals surface area (Å²) in [6.45, 7) is 3.10. The largest absolute Gasteiger partial charge is 0.349 e. The van der Waals surface area contributed by atoms with Gasteiger partial charge in [0.25, 0.3) is 0 Å². The van der Waals surface area contributed by atoms with Gasteiger partial charge in [-0.2, -0.15) is 0 Å². The summed E-state index contributed by atoms with van der Waals surface area (Å²) in [5.74, 6) is 0.742. The zero-order valence-electron chi connectivity index (χ0n) is 10.6. The standard InChI is InChI=1S/C12H21N3O2/c1-14(2)11(16)9-3-5-15(6-4-9)12(17)10-7-13-8-10/h9-10,13H,3-8H2,1-2H3. The van der Waals surface area contributed by atoms with Gasteiger partial charge >= 0.3 is 0 Å². The molecular weight excluding hydrogens is 218 g/mol. The Hall–Kier alpha value is -1.10. The van der Waals surface area contributed by atoms with Crippen LogP contribution in [0.1, 0.15) is 12.8 Å². The predicted molar refractivity (Wildman–Crippen MR) is 64.4 cm³/mol. The van der Waals surface area contributed by atoms with Crippen LogP contribution in [0.5, 0.6) is 0 Å². The highest BCUT2D eigenvalue weighted by atomic mass is 16.2. The minimum atomic E-state index is 0.105. The van der Waals surface area contributed by atoms with E-state index < -0.39 is 0 Å². The minimum Gasteiger partial charge on any atom is -0.349 e. The van der Waals surface area contributed by atoms with Crippen LogP contribution in [-0.4, -0.2) is 61.9 Å². The minimum absolute atomic E-state index is 0.105. The third-order valence-corrected chi connectivity index (χ3v) is 3.73. The van der Waals surface area contributed by atoms with Crippen LogP contribution in [-0.2, 0) is 9.59 Å². The maximum absolute atomic E-state index is 12.0. The van der Waals surface area contributed by atoms with Crippen molar-refractivity contribution in [2.75, 3.05) is 40.3 Å². The molecule has 2 amide bonds. The van der Waals surface area contributed by atoms with Crippen LogP contribution in [0.25, 0.3) is 0 Å². The number of nitrogens with zero attached hydrogens (tertiary/aromatic N) is 2. The Morgan fingerprint density at radius 1 is 1.12 bits per heavy atom. The van der Waals surface area contributed by atoms with Crippen LogP contribution in [0.3, 0.4) is 0 Å². The van der Waals surface area contributed by atoms with Gasteiger partial charge in [-0.15, -0.1) is 0 Å². The highest BCUT2D eigenvalue weighted by molar-refractivity contribution is 5.81. The van der Waals surface area contributed by atoms with Crippen molar-refractivity contribution in [2.24, 2.45) is 11.8 Å². The molecule has 2 saturated heterocycles. The molecule has 2 fully saturated rings. The molecule has 0 radical (unpaired) electrons. The van der Waals surface area contributed by atoms with E-state index in [0.717, 1.165) is 39.0 Å². The first kappa shape index (κ1) is 12.4. The third kappa shape index (κ3) is 2.60. The number of amides is 2. The van der Waals surface area contributed by atoms with Crippen molar-refractivity contribution in [2.45, 2.75) is 12.8 Å². The number of carbonyl (C=O) groups is 2. The van der Waals surface area contributed by atoms with Gasteiger partial charge in [0.05, 0.1) is 5.92 Å². The zero-order chi connectivity index (χ0) is 12.4. The van der Waals surface area contributed by atoms with Crippen LogP contribution in [0, 0.1) is 11.8 Å². The highest BCUT2D eigenvalue weighted by Crippen LogP contribution is 2.21. The molecule has 1 N–H and O–H groups in total. The van der Waals surface area contributed by atoms with E-state index in [-0.39, 0.29) is 23.7 Å². The first-order valence-electron chi connectivity index (χ1n) is 6.30. The van der Waals surface area contributed by atoms with Gasteiger partial charge in [-0.3, -0.25) is 9.59 Å². The maximum atomic E-state index is 12.0. The molecule has 0 bridgehead atoms. The molecule has 96 valence electrons. The molecule has 0 aromatic carbocycles. The lowest BCUT2D eigenvalue weighted by molar-refractivity contribution is -0.142. The van der Waals surface area contributed by atoms with Gasteiger partial charge in [0.1, 0.15) is 0 Å². The van der Waals surface area contributed by atoms with Crippen LogP contribution in [0.4, 0.5) is 0 Å². The van der Waals surface area contributed by atoms with Crippen molar-refractivity contribution in [3.8, 4) is 0 Å². The molecule has 0 unspecified atom stereocenters. The van der Waals surface area contributed by atoms with Crippen molar-refractivity contribution in [1.29, 1.82) is 0 Å². The fourth-order valence-electron chi connectivity index (χ4n) is 2.43. The molecule has 0 aliphatic carbocycles. The molecule has 0 atom stereocenters. The number of rotatable bonds is 2. The van der Waals surface area contributed by atoms with Gasteiger partial charge in [0.2, 0.25) is 11.8 Å². The van der Waals surface area contributed by atoms with Crippen molar-refractivity contribution in [1.82, 2.24) is 15.1 Å². The quantitative estimate of drug-likeness (QED) is 0.709. The SMILES string of the molecule is CN(C)C(=O)C1CCN(C(=O)C2CNC2)CC1. The molecule has 0 aromatic rings. The maximum Gasteiger partial charge on any atom is 0.228 e. The Balaban J connectivity index is 1.81. The Morgan fingerprint density at radius 3 is 2.12 bits per heavy atom. The van der Waals surface area contributed by atoms with Gasteiger partial charge in [-0.1, -0.05) is 0 Å². The molecule has 0 aromatic heterocycles. The Kier molecular flexibility index (Phi) is 3.66. The summed E-state index contributed by atoms with van der Waals surface area (Å²) in [6, 6.07) is 0. The van der Waals surface area contributed by atoms with Crippen molar-refractivity contribution < 1.29 is 9.59 Å². The second-order valence-electron chi connectivity index (χ2n) is 5.19. The van der Waals surface area contributed by atoms with Crippen LogP contribution in [0.2, 0.25) is 0 Å². The van der Waals surface area contributed by atoms with Gasteiger partial charge in [0.15, 0.2) is 0 Å². The Morgan fingerprint density at radius 2 is 1.71 bits per heavy atom. The molecule has 2 aliphatic rings. The number of piperidine rings is 1. The van der Waals surface area contributed by atoms with Gasteiger partial charge in [-0.25, -0.2) is 0 Å². The van der Waals surface area contributed by atoms with Gasteiger partial charge in [0, 0.05) is 46.2 Å². The van der Waals surface area contributed by atoms with Crippen molar-refractivity contribution in [3.05, 3.63) is 0 Å². The summed E-state index contributed by atoms with van der Waals surface area (Å²) in [4.78, 5) is 27.3. The molecule has 2 heterocycles. The van der Waals surface area contributed by atoms with E-state index in [2.05, 4.69) is 5.32 Å². The highest BCUT2D eigenvalue weighted by Gasteiger charge is 2.33. The number of likely N-dealkylation sites (tertiary alicyclic amines) is 1. The first-order chi connectivity index (χ1) is 8.09. The monoisotopic (exact) mass is 239 g/mol. The normalized spacial score (nSPS) is 22.1. The molecule has 2 aliphatic heterocycles. The molecular formula is C12H21N3O2. The summed E-state index contributed by atoms with van der Waals surface area (Å²) >= 11 is 0. The van der Waals surface area contributed by atoms with Gasteiger partial charge < -0.3 is 15.1 Å². The van der Waals surface area contributed by atoms with E-state index in [4.69, 9.17) is 0 Å². The number of hydrogen-bond acceptors (Lipinski definition) is 3. The molecule has 5 nitrogen and oxygen atoms in total. The summed E-state index contributed by atoms with van der Waals surface area (Å²) in [6.07, 6.45) is 1.62. The summed E-state index contributed by atoms with van der Waals surface area (Å²) < 4.78 is 0. The molecule has 0 saturated carbocycles. The lowest BCUT2D eigenvalue weighted by Crippen LogP contribution is -2.54. The van der Waals surface area contributed by atoms with E-state index in [1.54, 1.807) is 19.0 Å². The van der Waals surface area contributed by atoms with Crippen molar-refractivity contribution in [3.63, 3.8) is 0 Å². The second kappa shape index (κ2) is 5.04. The molecule has 5 heteroatoms. The van der Waals surface area contributed by atoms with Crippen LogP contribution < -0.4 is 5.32 Å². The van der Waals surface area contributed by atoms with E-state index >= 15 is 0 Å². The van der Waals surface area contributed by atoms with Gasteiger partial charge in [-0.05, 0) is 12.8 Å². The molecule has 2 rings (SSSR count). The molecule has 0 spiro atoms. The fraction of sp³-hybridized carbons (Fsp3) is 0.833. The second-order valence-corrected chi connectivity index (χ2v) is 5.19. The summed E-state index contributed by atoms with van der Waals surface area (Å²) in [5.41, 5.74) is 0. The number of carbonyl (C=O) groups excluding carboxylic acids is 2. The van der Waals surface area contributed by atoms with Crippen LogP contribution in [0.15, 0.2) is 0 Å². The fourth-order valence-corrected chi connectivity index (χ4v) is 2.43. The predicted octanol–water partition coefficient (Wildman–Crippen LogP) is -0.467.